The first-order valence-electron chi connectivity index (χ1n) is 10.4. The maximum absolute atomic E-state index is 12.8. The molecule has 2 aliphatic rings. The van der Waals surface area contributed by atoms with Crippen LogP contribution in [0, 0.1) is 0 Å². The van der Waals surface area contributed by atoms with Crippen LogP contribution in [-0.4, -0.2) is 48.1 Å². The molecule has 1 aliphatic heterocycles. The minimum Gasteiger partial charge on any atom is -0.455 e. The number of hydrogen-bond acceptors (Lipinski definition) is 3. The first-order chi connectivity index (χ1) is 13.8. The molecule has 2 aromatic rings. The topological polar surface area (TPSA) is 44.8 Å². The summed E-state index contributed by atoms with van der Waals surface area (Å²) in [6, 6.07) is 17.9. The van der Waals surface area contributed by atoms with Crippen molar-refractivity contribution in [3.63, 3.8) is 0 Å². The Morgan fingerprint density at radius 1 is 0.857 bits per heavy atom. The van der Waals surface area contributed by atoms with Crippen LogP contribution in [0.5, 0.6) is 11.5 Å². The van der Waals surface area contributed by atoms with E-state index in [1.807, 2.05) is 59.5 Å². The summed E-state index contributed by atoms with van der Waals surface area (Å²) in [6.07, 6.45) is 6.71. The lowest BCUT2D eigenvalue weighted by Crippen LogP contribution is -2.53. The van der Waals surface area contributed by atoms with Crippen molar-refractivity contribution in [2.45, 2.75) is 38.1 Å². The zero-order valence-electron chi connectivity index (χ0n) is 16.3. The Labute approximate surface area is 167 Å². The van der Waals surface area contributed by atoms with Gasteiger partial charge in [-0.3, -0.25) is 4.90 Å². The average molecular weight is 380 g/mol. The van der Waals surface area contributed by atoms with Crippen molar-refractivity contribution in [1.82, 2.24) is 9.80 Å². The van der Waals surface area contributed by atoms with Crippen molar-refractivity contribution in [3.05, 3.63) is 54.6 Å². The molecule has 0 radical (unpaired) electrons. The third kappa shape index (κ3) is 4.65. The van der Waals surface area contributed by atoms with E-state index in [-0.39, 0.29) is 6.03 Å². The van der Waals surface area contributed by atoms with E-state index in [9.17, 15) is 4.79 Å². The van der Waals surface area contributed by atoms with Crippen molar-refractivity contribution in [1.29, 1.82) is 0 Å². The Morgan fingerprint density at radius 2 is 1.54 bits per heavy atom. The van der Waals surface area contributed by atoms with Crippen LogP contribution < -0.4 is 10.1 Å². The van der Waals surface area contributed by atoms with Gasteiger partial charge in [0.25, 0.3) is 0 Å². The van der Waals surface area contributed by atoms with E-state index < -0.39 is 0 Å². The van der Waals surface area contributed by atoms with Crippen LogP contribution in [-0.2, 0) is 0 Å². The number of nitrogens with one attached hydrogen (secondary N) is 1. The summed E-state index contributed by atoms with van der Waals surface area (Å²) in [4.78, 5) is 17.3. The van der Waals surface area contributed by atoms with Gasteiger partial charge in [-0.2, -0.15) is 0 Å². The smallest absolute Gasteiger partial charge is 0.322 e. The molecule has 1 aliphatic carbocycles. The van der Waals surface area contributed by atoms with Gasteiger partial charge in [-0.15, -0.1) is 0 Å². The highest BCUT2D eigenvalue weighted by Gasteiger charge is 2.27. The molecular formula is C23H29N3O2. The number of amides is 2. The molecule has 2 amide bonds. The number of anilines is 1. The predicted octanol–water partition coefficient (Wildman–Crippen LogP) is 4.96. The minimum atomic E-state index is -0.0487. The van der Waals surface area contributed by atoms with Gasteiger partial charge in [0.05, 0.1) is 5.69 Å². The molecule has 1 heterocycles. The van der Waals surface area contributed by atoms with Gasteiger partial charge in [0.1, 0.15) is 5.75 Å². The summed E-state index contributed by atoms with van der Waals surface area (Å²) in [7, 11) is 0. The summed E-state index contributed by atoms with van der Waals surface area (Å²) in [5, 5.41) is 3.04. The van der Waals surface area contributed by atoms with Gasteiger partial charge < -0.3 is 15.0 Å². The number of carbonyl (C=O) groups is 1. The quantitative estimate of drug-likeness (QED) is 0.816. The second-order valence-electron chi connectivity index (χ2n) is 7.66. The van der Waals surface area contributed by atoms with E-state index in [0.717, 1.165) is 38.0 Å². The largest absolute Gasteiger partial charge is 0.455 e. The monoisotopic (exact) mass is 379 g/mol. The van der Waals surface area contributed by atoms with Gasteiger partial charge in [0, 0.05) is 32.2 Å². The summed E-state index contributed by atoms with van der Waals surface area (Å²) in [5.41, 5.74) is 0.700. The fraction of sp³-hybridized carbons (Fsp3) is 0.435. The number of benzene rings is 2. The average Bonchev–Trinajstić information content (AvgIpc) is 2.76. The second kappa shape index (κ2) is 9.11. The summed E-state index contributed by atoms with van der Waals surface area (Å²) in [5.74, 6) is 1.41. The lowest BCUT2D eigenvalue weighted by molar-refractivity contribution is 0.0943. The highest BCUT2D eigenvalue weighted by atomic mass is 16.5. The molecule has 5 nitrogen and oxygen atoms in total. The Hall–Kier alpha value is -2.53. The number of hydrogen-bond donors (Lipinski definition) is 1. The molecule has 1 saturated heterocycles. The Balaban J connectivity index is 1.34. The molecule has 0 atom stereocenters. The van der Waals surface area contributed by atoms with E-state index in [4.69, 9.17) is 4.74 Å². The number of rotatable bonds is 4. The van der Waals surface area contributed by atoms with Gasteiger partial charge in [-0.25, -0.2) is 4.79 Å². The molecule has 0 unspecified atom stereocenters. The van der Waals surface area contributed by atoms with Crippen molar-refractivity contribution >= 4 is 11.7 Å². The van der Waals surface area contributed by atoms with Crippen molar-refractivity contribution in [3.8, 4) is 11.5 Å². The van der Waals surface area contributed by atoms with E-state index >= 15 is 0 Å². The zero-order valence-corrected chi connectivity index (χ0v) is 16.3. The molecule has 0 aromatic heterocycles. The molecule has 5 heteroatoms. The summed E-state index contributed by atoms with van der Waals surface area (Å²) >= 11 is 0. The molecule has 1 saturated carbocycles. The number of piperazine rings is 1. The first-order valence-corrected chi connectivity index (χ1v) is 10.4. The highest BCUT2D eigenvalue weighted by molar-refractivity contribution is 5.91. The van der Waals surface area contributed by atoms with Crippen molar-refractivity contribution in [2.75, 3.05) is 31.5 Å². The van der Waals surface area contributed by atoms with Crippen LogP contribution in [0.25, 0.3) is 0 Å². The highest BCUT2D eigenvalue weighted by Crippen LogP contribution is 2.29. The van der Waals surface area contributed by atoms with Crippen LogP contribution >= 0.6 is 0 Å². The molecule has 1 N–H and O–H groups in total. The normalized spacial score (nSPS) is 18.6. The van der Waals surface area contributed by atoms with Crippen molar-refractivity contribution < 1.29 is 9.53 Å². The number of carbonyl (C=O) groups excluding carboxylic acids is 1. The molecule has 148 valence electrons. The summed E-state index contributed by atoms with van der Waals surface area (Å²) in [6.45, 7) is 3.51. The van der Waals surface area contributed by atoms with E-state index in [1.165, 1.54) is 32.1 Å². The molecule has 2 aromatic carbocycles. The van der Waals surface area contributed by atoms with E-state index in [2.05, 4.69) is 10.2 Å². The van der Waals surface area contributed by atoms with Crippen LogP contribution in [0.15, 0.2) is 54.6 Å². The van der Waals surface area contributed by atoms with Crippen molar-refractivity contribution in [2.24, 2.45) is 0 Å². The molecule has 0 spiro atoms. The second-order valence-corrected chi connectivity index (χ2v) is 7.66. The van der Waals surface area contributed by atoms with Gasteiger partial charge >= 0.3 is 6.03 Å². The maximum Gasteiger partial charge on any atom is 0.322 e. The van der Waals surface area contributed by atoms with Gasteiger partial charge in [-0.05, 0) is 37.1 Å². The molecular weight excluding hydrogens is 350 g/mol. The number of para-hydroxylation sites is 3. The standard InChI is InChI=1S/C23H29N3O2/c27-23(26-17-15-25(16-18-26)19-9-3-1-4-10-19)24-21-13-7-8-14-22(21)28-20-11-5-2-6-12-20/h2,5-8,11-14,19H,1,3-4,9-10,15-18H2,(H,24,27). The van der Waals surface area contributed by atoms with Gasteiger partial charge in [0.15, 0.2) is 5.75 Å². The van der Waals surface area contributed by atoms with Gasteiger partial charge in [0.2, 0.25) is 0 Å². The maximum atomic E-state index is 12.8. The Morgan fingerprint density at radius 3 is 2.29 bits per heavy atom. The van der Waals surface area contributed by atoms with Gasteiger partial charge in [-0.1, -0.05) is 49.6 Å². The number of ether oxygens (including phenoxy) is 1. The first kappa shape index (κ1) is 18.8. The molecule has 0 bridgehead atoms. The van der Waals surface area contributed by atoms with Crippen LogP contribution in [0.4, 0.5) is 10.5 Å². The number of urea groups is 1. The Bertz CT molecular complexity index is 766. The predicted molar refractivity (Wildman–Crippen MR) is 112 cm³/mol. The van der Waals surface area contributed by atoms with Crippen LogP contribution in [0.1, 0.15) is 32.1 Å². The zero-order chi connectivity index (χ0) is 19.2. The lowest BCUT2D eigenvalue weighted by Gasteiger charge is -2.40. The molecule has 2 fully saturated rings. The Kier molecular flexibility index (Phi) is 6.12. The minimum absolute atomic E-state index is 0.0487. The fourth-order valence-corrected chi connectivity index (χ4v) is 4.21. The fourth-order valence-electron chi connectivity index (χ4n) is 4.21. The molecule has 28 heavy (non-hydrogen) atoms. The number of nitrogens with zero attached hydrogens (tertiary/aromatic N) is 2. The molecule has 4 rings (SSSR count). The summed E-state index contributed by atoms with van der Waals surface area (Å²) < 4.78 is 5.95. The third-order valence-corrected chi connectivity index (χ3v) is 5.79. The lowest BCUT2D eigenvalue weighted by atomic mass is 9.94. The van der Waals surface area contributed by atoms with Crippen LogP contribution in [0.2, 0.25) is 0 Å². The van der Waals surface area contributed by atoms with E-state index in [0.29, 0.717) is 11.4 Å². The third-order valence-electron chi connectivity index (χ3n) is 5.79. The van der Waals surface area contributed by atoms with Crippen LogP contribution in [0.3, 0.4) is 0 Å². The SMILES string of the molecule is O=C(Nc1ccccc1Oc1ccccc1)N1CCN(C2CCCCC2)CC1. The van der Waals surface area contributed by atoms with E-state index in [1.54, 1.807) is 0 Å².